The highest BCUT2D eigenvalue weighted by Crippen LogP contribution is 2.17. The minimum Gasteiger partial charge on any atom is -0.475 e. The number of alkyl halides is 6. The first-order chi connectivity index (χ1) is 10.0. The summed E-state index contributed by atoms with van der Waals surface area (Å²) in [6.45, 7) is 2.08. The van der Waals surface area contributed by atoms with Crippen LogP contribution in [-0.2, 0) is 9.59 Å². The Balaban J connectivity index is 0. The molecule has 1 saturated heterocycles. The molecule has 1 aliphatic heterocycles. The van der Waals surface area contributed by atoms with E-state index in [-0.39, 0.29) is 0 Å². The van der Waals surface area contributed by atoms with Crippen LogP contribution in [0.2, 0.25) is 0 Å². The van der Waals surface area contributed by atoms with Crippen molar-refractivity contribution in [1.29, 1.82) is 0 Å². The van der Waals surface area contributed by atoms with E-state index in [0.717, 1.165) is 19.5 Å². The summed E-state index contributed by atoms with van der Waals surface area (Å²) in [4.78, 5) is 19.9. The van der Waals surface area contributed by atoms with Crippen LogP contribution in [0.5, 0.6) is 0 Å². The molecule has 0 aliphatic carbocycles. The van der Waals surface area contributed by atoms with Crippen molar-refractivity contribution in [3.05, 3.63) is 0 Å². The fourth-order valence-corrected chi connectivity index (χ4v) is 1.23. The van der Waals surface area contributed by atoms with Gasteiger partial charge in [0.1, 0.15) is 0 Å². The molecule has 0 aromatic rings. The van der Waals surface area contributed by atoms with Gasteiger partial charge in [-0.05, 0) is 13.5 Å². The predicted molar refractivity (Wildman–Crippen MR) is 63.5 cm³/mol. The summed E-state index contributed by atoms with van der Waals surface area (Å²) >= 11 is 0. The first-order valence-corrected chi connectivity index (χ1v) is 5.76. The quantitative estimate of drug-likeness (QED) is 0.496. The third-order valence-electron chi connectivity index (χ3n) is 2.39. The Kier molecular flexibility index (Phi) is 9.14. The fraction of sp³-hybridized carbons (Fsp3) is 0.800. The number of hydrogen-bond donors (Lipinski definition) is 4. The number of rotatable bonds is 1. The number of carboxylic acid groups (broad SMARTS) is 2. The van der Waals surface area contributed by atoms with Gasteiger partial charge >= 0.3 is 24.3 Å². The molecule has 0 bridgehead atoms. The molecule has 1 heterocycles. The first-order valence-electron chi connectivity index (χ1n) is 5.76. The van der Waals surface area contributed by atoms with Crippen LogP contribution in [-0.4, -0.2) is 76.8 Å². The maximum absolute atomic E-state index is 10.6. The van der Waals surface area contributed by atoms with Crippen LogP contribution in [0.4, 0.5) is 26.3 Å². The predicted octanol–water partition coefficient (Wildman–Crippen LogP) is 0.278. The standard InChI is InChI=1S/C6H14N2O.2C2HF3O2/c1-8-3-2-6(9,4-7)5-8;2*3-2(4,5)1(6)7/h9H,2-5,7H2,1H3;2*(H,6,7). The van der Waals surface area contributed by atoms with Crippen LogP contribution < -0.4 is 5.73 Å². The molecule has 0 saturated carbocycles. The molecule has 13 heteroatoms. The number of aliphatic carboxylic acids is 2. The molecule has 0 amide bonds. The van der Waals surface area contributed by atoms with Gasteiger partial charge in [0.05, 0.1) is 5.60 Å². The second kappa shape index (κ2) is 8.88. The van der Waals surface area contributed by atoms with E-state index in [1.807, 2.05) is 7.05 Å². The third-order valence-corrected chi connectivity index (χ3v) is 2.39. The van der Waals surface area contributed by atoms with Crippen LogP contribution in [0.15, 0.2) is 0 Å². The lowest BCUT2D eigenvalue weighted by molar-refractivity contribution is -0.193. The second-order valence-electron chi connectivity index (χ2n) is 4.52. The molecule has 23 heavy (non-hydrogen) atoms. The Labute approximate surface area is 126 Å². The molecule has 1 atom stereocenters. The summed E-state index contributed by atoms with van der Waals surface area (Å²) in [5, 5.41) is 23.8. The van der Waals surface area contributed by atoms with Gasteiger partial charge in [-0.25, -0.2) is 9.59 Å². The summed E-state index contributed by atoms with van der Waals surface area (Å²) in [7, 11) is 1.99. The highest BCUT2D eigenvalue weighted by atomic mass is 19.4. The van der Waals surface area contributed by atoms with E-state index in [0.29, 0.717) is 6.54 Å². The molecule has 0 radical (unpaired) electrons. The summed E-state index contributed by atoms with van der Waals surface area (Å²) in [6.07, 6.45) is -9.35. The molecule has 1 rings (SSSR count). The Morgan fingerprint density at radius 3 is 1.48 bits per heavy atom. The SMILES string of the molecule is CN1CCC(O)(CN)C1.O=C(O)C(F)(F)F.O=C(O)C(F)(F)F. The number of carboxylic acids is 2. The number of likely N-dealkylation sites (N-methyl/N-ethyl adjacent to an activating group) is 1. The number of halogens is 6. The van der Waals surface area contributed by atoms with Crippen molar-refractivity contribution in [3.8, 4) is 0 Å². The molecule has 7 nitrogen and oxygen atoms in total. The van der Waals surface area contributed by atoms with Crippen molar-refractivity contribution in [1.82, 2.24) is 4.90 Å². The van der Waals surface area contributed by atoms with Gasteiger partial charge in [-0.2, -0.15) is 26.3 Å². The van der Waals surface area contributed by atoms with Gasteiger partial charge in [-0.1, -0.05) is 0 Å². The van der Waals surface area contributed by atoms with Crippen molar-refractivity contribution in [2.75, 3.05) is 26.7 Å². The van der Waals surface area contributed by atoms with E-state index in [1.165, 1.54) is 0 Å². The Morgan fingerprint density at radius 1 is 1.09 bits per heavy atom. The van der Waals surface area contributed by atoms with Gasteiger partial charge in [-0.15, -0.1) is 0 Å². The maximum atomic E-state index is 10.6. The number of aliphatic hydroxyl groups is 1. The van der Waals surface area contributed by atoms with Gasteiger partial charge in [0.25, 0.3) is 0 Å². The molecule has 1 unspecified atom stereocenters. The number of hydrogen-bond acceptors (Lipinski definition) is 5. The van der Waals surface area contributed by atoms with Gasteiger partial charge < -0.3 is 26.0 Å². The molecule has 0 aromatic carbocycles. The Bertz CT molecular complexity index is 376. The zero-order valence-electron chi connectivity index (χ0n) is 11.8. The normalized spacial score (nSPS) is 21.6. The Morgan fingerprint density at radius 2 is 1.39 bits per heavy atom. The minimum absolute atomic E-state index is 0.386. The monoisotopic (exact) mass is 358 g/mol. The molecule has 0 spiro atoms. The van der Waals surface area contributed by atoms with Crippen LogP contribution >= 0.6 is 0 Å². The van der Waals surface area contributed by atoms with E-state index in [2.05, 4.69) is 4.90 Å². The number of β-amino-alcohol motifs (C(OH)–C–C–N with tert-alkyl or cyclic N) is 1. The van der Waals surface area contributed by atoms with Crippen molar-refractivity contribution < 1.29 is 51.3 Å². The van der Waals surface area contributed by atoms with Crippen molar-refractivity contribution in [3.63, 3.8) is 0 Å². The summed E-state index contributed by atoms with van der Waals surface area (Å²) in [6, 6.07) is 0. The summed E-state index contributed by atoms with van der Waals surface area (Å²) < 4.78 is 63.5. The third kappa shape index (κ3) is 11.6. The van der Waals surface area contributed by atoms with Crippen molar-refractivity contribution in [2.45, 2.75) is 24.4 Å². The average molecular weight is 358 g/mol. The highest BCUT2D eigenvalue weighted by Gasteiger charge is 2.38. The molecule has 0 aromatic heterocycles. The van der Waals surface area contributed by atoms with E-state index in [4.69, 9.17) is 25.5 Å². The van der Waals surface area contributed by atoms with Gasteiger partial charge in [-0.3, -0.25) is 0 Å². The fourth-order valence-electron chi connectivity index (χ4n) is 1.23. The number of carbonyl (C=O) groups is 2. The van der Waals surface area contributed by atoms with Crippen molar-refractivity contribution >= 4 is 11.9 Å². The van der Waals surface area contributed by atoms with Gasteiger partial charge in [0.2, 0.25) is 0 Å². The smallest absolute Gasteiger partial charge is 0.475 e. The lowest BCUT2D eigenvalue weighted by Crippen LogP contribution is -2.39. The molecule has 1 aliphatic rings. The molecule has 138 valence electrons. The first kappa shape index (κ1) is 23.7. The lowest BCUT2D eigenvalue weighted by Gasteiger charge is -2.18. The zero-order chi connectivity index (χ0) is 19.1. The minimum atomic E-state index is -5.08. The largest absolute Gasteiger partial charge is 0.490 e. The van der Waals surface area contributed by atoms with Crippen LogP contribution in [0.1, 0.15) is 6.42 Å². The zero-order valence-corrected chi connectivity index (χ0v) is 11.8. The molecule has 5 N–H and O–H groups in total. The topological polar surface area (TPSA) is 124 Å². The Hall–Kier alpha value is -1.60. The highest BCUT2D eigenvalue weighted by molar-refractivity contribution is 5.73. The maximum Gasteiger partial charge on any atom is 0.490 e. The van der Waals surface area contributed by atoms with E-state index in [1.54, 1.807) is 0 Å². The lowest BCUT2D eigenvalue weighted by atomic mass is 10.0. The molecular weight excluding hydrogens is 342 g/mol. The van der Waals surface area contributed by atoms with Gasteiger partial charge in [0.15, 0.2) is 0 Å². The van der Waals surface area contributed by atoms with Gasteiger partial charge in [0, 0.05) is 19.6 Å². The molecule has 1 fully saturated rings. The van der Waals surface area contributed by atoms with Crippen molar-refractivity contribution in [2.24, 2.45) is 5.73 Å². The second-order valence-corrected chi connectivity index (χ2v) is 4.52. The van der Waals surface area contributed by atoms with Crippen LogP contribution in [0.3, 0.4) is 0 Å². The molecular formula is C10H16F6N2O5. The summed E-state index contributed by atoms with van der Waals surface area (Å²) in [5.41, 5.74) is 4.77. The number of nitrogens with two attached hydrogens (primary N) is 1. The average Bonchev–Trinajstić information content (AvgIpc) is 2.69. The number of likely N-dealkylation sites (tertiary alicyclic amines) is 1. The van der Waals surface area contributed by atoms with E-state index in [9.17, 15) is 31.4 Å². The van der Waals surface area contributed by atoms with Crippen LogP contribution in [0.25, 0.3) is 0 Å². The van der Waals surface area contributed by atoms with Crippen LogP contribution in [0, 0.1) is 0 Å². The van der Waals surface area contributed by atoms with E-state index < -0.39 is 29.9 Å². The number of nitrogens with zero attached hydrogens (tertiary/aromatic N) is 1. The van der Waals surface area contributed by atoms with E-state index >= 15 is 0 Å². The summed E-state index contributed by atoms with van der Waals surface area (Å²) in [5.74, 6) is -5.51.